The van der Waals surface area contributed by atoms with Gasteiger partial charge in [0.15, 0.2) is 0 Å². The summed E-state index contributed by atoms with van der Waals surface area (Å²) in [6, 6.07) is 21.1. The van der Waals surface area contributed by atoms with E-state index >= 15 is 0 Å². The molecule has 2 aromatic carbocycles. The van der Waals surface area contributed by atoms with Gasteiger partial charge in [-0.1, -0.05) is 24.3 Å². The number of aromatic nitrogens is 4. The van der Waals surface area contributed by atoms with Crippen molar-refractivity contribution in [2.75, 3.05) is 6.54 Å². The molecule has 5 nitrogen and oxygen atoms in total. The average Bonchev–Trinajstić information content (AvgIpc) is 3.46. The molecule has 1 N–H and O–H groups in total. The number of hydrogen-bond donors (Lipinski definition) is 1. The normalized spacial score (nSPS) is 11.0. The van der Waals surface area contributed by atoms with Crippen LogP contribution in [0.4, 0.5) is 0 Å². The van der Waals surface area contributed by atoms with Crippen molar-refractivity contribution in [1.82, 2.24) is 24.9 Å². The lowest BCUT2D eigenvalue weighted by Gasteiger charge is -2.07. The monoisotopic (exact) mass is 371 g/mol. The molecule has 0 aliphatic rings. The van der Waals surface area contributed by atoms with Crippen LogP contribution in [-0.4, -0.2) is 26.1 Å². The van der Waals surface area contributed by atoms with Crippen LogP contribution >= 0.6 is 0 Å². The minimum atomic E-state index is 0.901. The van der Waals surface area contributed by atoms with E-state index in [2.05, 4.69) is 64.0 Å². The maximum atomic E-state index is 4.26. The molecular formula is C23H25N5. The first-order valence-corrected chi connectivity index (χ1v) is 9.77. The maximum Gasteiger partial charge on any atom is 0.0645 e. The van der Waals surface area contributed by atoms with Crippen molar-refractivity contribution in [3.8, 4) is 11.4 Å². The van der Waals surface area contributed by atoms with Gasteiger partial charge < -0.3 is 5.32 Å². The molecule has 4 aromatic rings. The van der Waals surface area contributed by atoms with E-state index in [0.717, 1.165) is 30.9 Å². The van der Waals surface area contributed by atoms with Crippen molar-refractivity contribution in [2.24, 2.45) is 0 Å². The van der Waals surface area contributed by atoms with Gasteiger partial charge >= 0.3 is 0 Å². The lowest BCUT2D eigenvalue weighted by Crippen LogP contribution is -2.14. The molecule has 0 atom stereocenters. The fraction of sp³-hybridized carbons (Fsp3) is 0.217. The second-order valence-electron chi connectivity index (χ2n) is 6.87. The highest BCUT2D eigenvalue weighted by Gasteiger charge is 1.99. The lowest BCUT2D eigenvalue weighted by molar-refractivity contribution is 0.622. The fourth-order valence-electron chi connectivity index (χ4n) is 3.24. The van der Waals surface area contributed by atoms with E-state index in [0.29, 0.717) is 0 Å². The summed E-state index contributed by atoms with van der Waals surface area (Å²) in [7, 11) is 0. The minimum absolute atomic E-state index is 0.901. The molecular weight excluding hydrogens is 346 g/mol. The van der Waals surface area contributed by atoms with E-state index in [4.69, 9.17) is 0 Å². The van der Waals surface area contributed by atoms with Gasteiger partial charge in [-0.3, -0.25) is 0 Å². The number of rotatable bonds is 9. The molecule has 5 heteroatoms. The second kappa shape index (κ2) is 9.15. The number of benzene rings is 2. The van der Waals surface area contributed by atoms with E-state index in [-0.39, 0.29) is 0 Å². The van der Waals surface area contributed by atoms with Gasteiger partial charge in [0, 0.05) is 31.3 Å². The minimum Gasteiger partial charge on any atom is -0.313 e. The molecule has 2 heterocycles. The quantitative estimate of drug-likeness (QED) is 0.449. The Morgan fingerprint density at radius 1 is 0.679 bits per heavy atom. The van der Waals surface area contributed by atoms with Crippen LogP contribution in [0.5, 0.6) is 0 Å². The zero-order chi connectivity index (χ0) is 19.0. The topological polar surface area (TPSA) is 47.7 Å². The predicted octanol–water partition coefficient (Wildman–Crippen LogP) is 4.17. The van der Waals surface area contributed by atoms with E-state index < -0.39 is 0 Å². The van der Waals surface area contributed by atoms with Crippen molar-refractivity contribution >= 4 is 0 Å². The smallest absolute Gasteiger partial charge is 0.0645 e. The third-order valence-electron chi connectivity index (χ3n) is 4.81. The van der Waals surface area contributed by atoms with Gasteiger partial charge in [-0.2, -0.15) is 10.2 Å². The molecule has 0 aliphatic heterocycles. The molecule has 0 saturated heterocycles. The first-order valence-electron chi connectivity index (χ1n) is 9.77. The highest BCUT2D eigenvalue weighted by atomic mass is 15.3. The van der Waals surface area contributed by atoms with Crippen molar-refractivity contribution in [2.45, 2.75) is 25.8 Å². The molecule has 0 unspecified atom stereocenters. The molecule has 0 aliphatic carbocycles. The van der Waals surface area contributed by atoms with E-state index in [9.17, 15) is 0 Å². The van der Waals surface area contributed by atoms with Crippen molar-refractivity contribution in [1.29, 1.82) is 0 Å². The van der Waals surface area contributed by atoms with Crippen molar-refractivity contribution in [3.63, 3.8) is 0 Å². The summed E-state index contributed by atoms with van der Waals surface area (Å²) < 4.78 is 3.76. The van der Waals surface area contributed by atoms with Gasteiger partial charge in [0.05, 0.1) is 11.4 Å². The van der Waals surface area contributed by atoms with E-state index in [1.54, 1.807) is 12.4 Å². The Morgan fingerprint density at radius 2 is 1.25 bits per heavy atom. The number of nitrogens with zero attached hydrogens (tertiary/aromatic N) is 4. The molecule has 0 fully saturated rings. The standard InChI is InChI=1S/C23H25N5/c1(5-20-6-10-22(11-7-20)27-17-3-15-25-27)2-14-24-19-21-8-12-23(13-9-21)28-18-4-16-26-28/h3-4,6-13,15-18,24H,1-2,5,14,19H2. The summed E-state index contributed by atoms with van der Waals surface area (Å²) in [5.74, 6) is 0. The number of aryl methyl sites for hydroxylation is 1. The summed E-state index contributed by atoms with van der Waals surface area (Å²) in [6.45, 7) is 1.93. The van der Waals surface area contributed by atoms with Gasteiger partial charge in [0.1, 0.15) is 0 Å². The van der Waals surface area contributed by atoms with Crippen LogP contribution in [0.1, 0.15) is 24.0 Å². The molecule has 2 aromatic heterocycles. The Kier molecular flexibility index (Phi) is 5.95. The van der Waals surface area contributed by atoms with E-state index in [1.165, 1.54) is 24.0 Å². The van der Waals surface area contributed by atoms with Crippen LogP contribution in [-0.2, 0) is 13.0 Å². The number of hydrogen-bond acceptors (Lipinski definition) is 3. The zero-order valence-corrected chi connectivity index (χ0v) is 15.9. The Hall–Kier alpha value is -3.18. The van der Waals surface area contributed by atoms with Crippen LogP contribution in [0.2, 0.25) is 0 Å². The fourth-order valence-corrected chi connectivity index (χ4v) is 3.24. The van der Waals surface area contributed by atoms with Crippen LogP contribution in [0, 0.1) is 0 Å². The van der Waals surface area contributed by atoms with Gasteiger partial charge in [0.2, 0.25) is 0 Å². The Bertz CT molecular complexity index is 858. The molecule has 0 spiro atoms. The van der Waals surface area contributed by atoms with Gasteiger partial charge in [0.25, 0.3) is 0 Å². The molecule has 0 radical (unpaired) electrons. The summed E-state index contributed by atoms with van der Waals surface area (Å²) in [5.41, 5.74) is 4.87. The highest BCUT2D eigenvalue weighted by molar-refractivity contribution is 5.34. The van der Waals surface area contributed by atoms with Gasteiger partial charge in [-0.25, -0.2) is 9.36 Å². The molecule has 142 valence electrons. The Morgan fingerprint density at radius 3 is 1.79 bits per heavy atom. The van der Waals surface area contributed by atoms with Crippen LogP contribution < -0.4 is 5.32 Å². The third-order valence-corrected chi connectivity index (χ3v) is 4.81. The Balaban J connectivity index is 1.14. The summed E-state index contributed by atoms with van der Waals surface area (Å²) in [5, 5.41) is 12.0. The van der Waals surface area contributed by atoms with Gasteiger partial charge in [-0.15, -0.1) is 0 Å². The molecule has 0 saturated carbocycles. The summed E-state index contributed by atoms with van der Waals surface area (Å²) in [6.07, 6.45) is 11.0. The van der Waals surface area contributed by atoms with Crippen molar-refractivity contribution in [3.05, 3.63) is 96.6 Å². The molecule has 0 amide bonds. The maximum absolute atomic E-state index is 4.26. The molecule has 0 bridgehead atoms. The summed E-state index contributed by atoms with van der Waals surface area (Å²) in [4.78, 5) is 0. The largest absolute Gasteiger partial charge is 0.313 e. The zero-order valence-electron chi connectivity index (χ0n) is 15.9. The lowest BCUT2D eigenvalue weighted by atomic mass is 10.1. The molecule has 4 rings (SSSR count). The number of nitrogens with one attached hydrogen (secondary N) is 1. The Labute approximate surface area is 165 Å². The van der Waals surface area contributed by atoms with E-state index in [1.807, 2.05) is 33.9 Å². The van der Waals surface area contributed by atoms with Crippen LogP contribution in [0.25, 0.3) is 11.4 Å². The first kappa shape index (κ1) is 18.2. The second-order valence-corrected chi connectivity index (χ2v) is 6.87. The van der Waals surface area contributed by atoms with Crippen LogP contribution in [0.15, 0.2) is 85.5 Å². The predicted molar refractivity (Wildman–Crippen MR) is 112 cm³/mol. The molecule has 28 heavy (non-hydrogen) atoms. The SMILES string of the molecule is c1cnn(-c2ccc(CCCCNCc3ccc(-n4cccn4)cc3)cc2)c1. The van der Waals surface area contributed by atoms with Gasteiger partial charge in [-0.05, 0) is 73.3 Å². The van der Waals surface area contributed by atoms with Crippen molar-refractivity contribution < 1.29 is 0 Å². The first-order chi connectivity index (χ1) is 13.9. The highest BCUT2D eigenvalue weighted by Crippen LogP contribution is 2.11. The summed E-state index contributed by atoms with van der Waals surface area (Å²) >= 11 is 0. The average molecular weight is 371 g/mol. The number of unbranched alkanes of at least 4 members (excludes halogenated alkanes) is 1. The van der Waals surface area contributed by atoms with Crippen LogP contribution in [0.3, 0.4) is 0 Å². The third kappa shape index (κ3) is 4.75.